The van der Waals surface area contributed by atoms with Gasteiger partial charge in [0.25, 0.3) is 5.78 Å². The first kappa shape index (κ1) is 26.3. The van der Waals surface area contributed by atoms with E-state index in [1.54, 1.807) is 24.8 Å². The summed E-state index contributed by atoms with van der Waals surface area (Å²) in [6, 6.07) is 5.51. The molecule has 38 heavy (non-hydrogen) atoms. The van der Waals surface area contributed by atoms with Crippen molar-refractivity contribution in [2.75, 3.05) is 14.2 Å². The highest BCUT2D eigenvalue weighted by atomic mass is 35.5. The van der Waals surface area contributed by atoms with E-state index in [9.17, 15) is 9.90 Å². The summed E-state index contributed by atoms with van der Waals surface area (Å²) < 4.78 is 18.8. The zero-order valence-corrected chi connectivity index (χ0v) is 23.0. The van der Waals surface area contributed by atoms with E-state index in [4.69, 9.17) is 25.8 Å². The second-order valence-corrected chi connectivity index (χ2v) is 10.7. The number of hydrogen-bond donors (Lipinski definition) is 1. The Labute approximate surface area is 226 Å². The number of rotatable bonds is 8. The van der Waals surface area contributed by atoms with E-state index in [0.29, 0.717) is 41.0 Å². The lowest BCUT2D eigenvalue weighted by molar-refractivity contribution is -0.167. The normalized spacial score (nSPS) is 20.3. The number of carbonyl (C=O) groups is 1. The van der Waals surface area contributed by atoms with Gasteiger partial charge in [0.1, 0.15) is 22.9 Å². The van der Waals surface area contributed by atoms with Gasteiger partial charge in [0.05, 0.1) is 24.8 Å². The molecule has 3 aromatic rings. The minimum atomic E-state index is -0.805. The molecule has 1 saturated carbocycles. The number of benzene rings is 1. The number of ether oxygens (including phenoxy) is 3. The predicted octanol–water partition coefficient (Wildman–Crippen LogP) is 5.28. The highest BCUT2D eigenvalue weighted by molar-refractivity contribution is 6.32. The summed E-state index contributed by atoms with van der Waals surface area (Å²) in [5.41, 5.74) is 2.02. The maximum Gasteiger partial charge on any atom is 0.338 e. The standard InChI is InChI=1S/C28H33ClN4O5/c1-16-11-17(2)33-27(30-16)31-25(32-33)13-20-22(34)15-28(38-26(20)35,19-7-5-6-8-19)10-9-18-12-21(29)24(37-4)14-23(18)36-3/h11-12,14,19,34H,5-10,13,15H2,1-4H3. The number of hydrogen-bond acceptors (Lipinski definition) is 8. The average Bonchev–Trinajstić information content (AvgIpc) is 3.56. The summed E-state index contributed by atoms with van der Waals surface area (Å²) in [5.74, 6) is 1.77. The van der Waals surface area contributed by atoms with Crippen LogP contribution in [0, 0.1) is 19.8 Å². The molecule has 2 aliphatic rings. The molecule has 0 saturated heterocycles. The van der Waals surface area contributed by atoms with E-state index in [1.807, 2.05) is 26.0 Å². The van der Waals surface area contributed by atoms with Crippen LogP contribution < -0.4 is 9.47 Å². The monoisotopic (exact) mass is 540 g/mol. The van der Waals surface area contributed by atoms with Crippen molar-refractivity contribution in [2.24, 2.45) is 5.92 Å². The van der Waals surface area contributed by atoms with Crippen LogP contribution in [0.2, 0.25) is 5.02 Å². The fourth-order valence-electron chi connectivity index (χ4n) is 5.89. The molecule has 1 N–H and O–H groups in total. The number of aliphatic hydroxyl groups is 1. The van der Waals surface area contributed by atoms with Gasteiger partial charge < -0.3 is 19.3 Å². The minimum absolute atomic E-state index is 0.0487. The van der Waals surface area contributed by atoms with Crippen molar-refractivity contribution < 1.29 is 24.1 Å². The molecule has 10 heteroatoms. The Morgan fingerprint density at radius 3 is 2.55 bits per heavy atom. The summed E-state index contributed by atoms with van der Waals surface area (Å²) in [4.78, 5) is 22.3. The molecular formula is C28H33ClN4O5. The van der Waals surface area contributed by atoms with Gasteiger partial charge in [-0.3, -0.25) is 0 Å². The van der Waals surface area contributed by atoms with Crippen LogP contribution in [0.4, 0.5) is 0 Å². The number of nitrogens with zero attached hydrogens (tertiary/aromatic N) is 4. The fourth-order valence-corrected chi connectivity index (χ4v) is 6.16. The van der Waals surface area contributed by atoms with E-state index in [0.717, 1.165) is 42.6 Å². The zero-order valence-electron chi connectivity index (χ0n) is 22.2. The van der Waals surface area contributed by atoms with Crippen molar-refractivity contribution in [1.29, 1.82) is 0 Å². The smallest absolute Gasteiger partial charge is 0.338 e. The molecule has 0 bridgehead atoms. The van der Waals surface area contributed by atoms with Crippen LogP contribution in [-0.2, 0) is 22.4 Å². The molecule has 2 aromatic heterocycles. The van der Waals surface area contributed by atoms with E-state index >= 15 is 0 Å². The number of fused-ring (bicyclic) bond motifs is 1. The molecule has 1 aliphatic carbocycles. The van der Waals surface area contributed by atoms with Gasteiger partial charge in [-0.1, -0.05) is 24.4 Å². The molecular weight excluding hydrogens is 508 g/mol. The van der Waals surface area contributed by atoms with Crippen LogP contribution in [0.3, 0.4) is 0 Å². The van der Waals surface area contributed by atoms with E-state index in [2.05, 4.69) is 15.1 Å². The third kappa shape index (κ3) is 4.91. The molecule has 1 unspecified atom stereocenters. The zero-order chi connectivity index (χ0) is 27.0. The summed E-state index contributed by atoms with van der Waals surface area (Å²) in [5, 5.41) is 16.2. The second kappa shape index (κ2) is 10.4. The van der Waals surface area contributed by atoms with Crippen molar-refractivity contribution in [3.8, 4) is 11.5 Å². The lowest BCUT2D eigenvalue weighted by atomic mass is 9.76. The van der Waals surface area contributed by atoms with Crippen LogP contribution in [0.1, 0.15) is 61.3 Å². The Hall–Kier alpha value is -3.33. The maximum atomic E-state index is 13.4. The van der Waals surface area contributed by atoms with Crippen molar-refractivity contribution in [3.63, 3.8) is 0 Å². The quantitative estimate of drug-likeness (QED) is 0.385. The van der Waals surface area contributed by atoms with Crippen molar-refractivity contribution in [1.82, 2.24) is 19.6 Å². The topological polar surface area (TPSA) is 108 Å². The van der Waals surface area contributed by atoms with Gasteiger partial charge in [0, 0.05) is 30.3 Å². The van der Waals surface area contributed by atoms with E-state index in [-0.39, 0.29) is 30.1 Å². The first-order valence-electron chi connectivity index (χ1n) is 13.0. The first-order valence-corrected chi connectivity index (χ1v) is 13.4. The summed E-state index contributed by atoms with van der Waals surface area (Å²) in [6.45, 7) is 3.82. The number of esters is 1. The number of aliphatic hydroxyl groups excluding tert-OH is 1. The van der Waals surface area contributed by atoms with Gasteiger partial charge in [-0.05, 0) is 63.1 Å². The minimum Gasteiger partial charge on any atom is -0.512 e. The lowest BCUT2D eigenvalue weighted by Crippen LogP contribution is -2.46. The Kier molecular flexibility index (Phi) is 7.22. The maximum absolute atomic E-state index is 13.4. The van der Waals surface area contributed by atoms with Gasteiger partial charge in [-0.2, -0.15) is 4.98 Å². The summed E-state index contributed by atoms with van der Waals surface area (Å²) in [6.07, 6.45) is 5.51. The predicted molar refractivity (Wildman–Crippen MR) is 142 cm³/mol. The van der Waals surface area contributed by atoms with Gasteiger partial charge in [-0.15, -0.1) is 5.10 Å². The number of aryl methyl sites for hydroxylation is 3. The average molecular weight is 541 g/mol. The third-order valence-electron chi connectivity index (χ3n) is 7.83. The number of halogens is 1. The SMILES string of the molecule is COc1cc(OC)c(CCC2(C3CCCC3)CC(O)=C(Cc3nc4nc(C)cc(C)n4n3)C(=O)O2)cc1Cl. The van der Waals surface area contributed by atoms with Crippen LogP contribution in [0.5, 0.6) is 11.5 Å². The van der Waals surface area contributed by atoms with Gasteiger partial charge in [-0.25, -0.2) is 14.3 Å². The second-order valence-electron chi connectivity index (χ2n) is 10.3. The van der Waals surface area contributed by atoms with Gasteiger partial charge >= 0.3 is 5.97 Å². The van der Waals surface area contributed by atoms with Crippen molar-refractivity contribution >= 4 is 23.3 Å². The van der Waals surface area contributed by atoms with E-state index in [1.165, 1.54) is 0 Å². The molecule has 5 rings (SSSR count). The Morgan fingerprint density at radius 1 is 1.13 bits per heavy atom. The van der Waals surface area contributed by atoms with Gasteiger partial charge in [0.15, 0.2) is 5.82 Å². The van der Waals surface area contributed by atoms with Crippen molar-refractivity contribution in [3.05, 3.63) is 57.3 Å². The molecule has 0 spiro atoms. The highest BCUT2D eigenvalue weighted by Crippen LogP contribution is 2.46. The third-order valence-corrected chi connectivity index (χ3v) is 8.12. The number of aromatic nitrogens is 4. The Morgan fingerprint density at radius 2 is 1.87 bits per heavy atom. The molecule has 1 fully saturated rings. The molecule has 3 heterocycles. The van der Waals surface area contributed by atoms with Crippen LogP contribution >= 0.6 is 11.6 Å². The van der Waals surface area contributed by atoms with Crippen molar-refractivity contribution in [2.45, 2.75) is 70.8 Å². The van der Waals surface area contributed by atoms with Gasteiger partial charge in [0.2, 0.25) is 0 Å². The Bertz CT molecular complexity index is 1410. The largest absolute Gasteiger partial charge is 0.512 e. The molecule has 0 amide bonds. The van der Waals surface area contributed by atoms with E-state index < -0.39 is 11.6 Å². The lowest BCUT2D eigenvalue weighted by Gasteiger charge is -2.42. The number of methoxy groups -OCH3 is 2. The summed E-state index contributed by atoms with van der Waals surface area (Å²) >= 11 is 6.40. The fraction of sp³-hybridized carbons (Fsp3) is 0.500. The van der Waals surface area contributed by atoms with Crippen LogP contribution in [0.25, 0.3) is 5.78 Å². The highest BCUT2D eigenvalue weighted by Gasteiger charge is 2.48. The molecule has 1 aliphatic heterocycles. The molecule has 9 nitrogen and oxygen atoms in total. The van der Waals surface area contributed by atoms with Crippen LogP contribution in [-0.4, -0.2) is 50.5 Å². The molecule has 202 valence electrons. The molecule has 1 atom stereocenters. The Balaban J connectivity index is 1.42. The van der Waals surface area contributed by atoms with Crippen LogP contribution in [0.15, 0.2) is 29.5 Å². The first-order chi connectivity index (χ1) is 18.2. The number of carbonyl (C=O) groups excluding carboxylic acids is 1. The molecule has 1 aromatic carbocycles. The number of cyclic esters (lactones) is 1. The molecule has 0 radical (unpaired) electrons. The summed E-state index contributed by atoms with van der Waals surface area (Å²) in [7, 11) is 3.16.